The second-order valence-electron chi connectivity index (χ2n) is 3.52. The quantitative estimate of drug-likeness (QED) is 0.884. The maximum atomic E-state index is 13.1. The summed E-state index contributed by atoms with van der Waals surface area (Å²) in [6.45, 7) is 1.57. The van der Waals surface area contributed by atoms with E-state index in [1.54, 1.807) is 13.0 Å². The Morgan fingerprint density at radius 3 is 3.00 bits per heavy atom. The number of aliphatic hydroxyl groups excluding tert-OH is 1. The predicted molar refractivity (Wildman–Crippen MR) is 59.2 cm³/mol. The molecule has 0 aliphatic heterocycles. The molecule has 2 aromatic rings. The van der Waals surface area contributed by atoms with Crippen LogP contribution in [-0.2, 0) is 6.61 Å². The Bertz CT molecular complexity index is 532. The van der Waals surface area contributed by atoms with Crippen LogP contribution in [0.2, 0.25) is 0 Å². The predicted octanol–water partition coefficient (Wildman–Crippen LogP) is 2.21. The number of hydrogen-bond acceptors (Lipinski definition) is 4. The largest absolute Gasteiger partial charge is 0.438 e. The second kappa shape index (κ2) is 4.88. The summed E-state index contributed by atoms with van der Waals surface area (Å²) in [5.74, 6) is 0.222. The summed E-state index contributed by atoms with van der Waals surface area (Å²) < 4.78 is 18.5. The van der Waals surface area contributed by atoms with Gasteiger partial charge in [0.05, 0.1) is 12.2 Å². The van der Waals surface area contributed by atoms with E-state index >= 15 is 0 Å². The molecule has 0 atom stereocenters. The summed E-state index contributed by atoms with van der Waals surface area (Å²) in [5.41, 5.74) is 1.24. The maximum Gasteiger partial charge on any atom is 0.227 e. The number of benzene rings is 1. The first-order valence-electron chi connectivity index (χ1n) is 5.04. The minimum Gasteiger partial charge on any atom is -0.438 e. The van der Waals surface area contributed by atoms with E-state index in [0.29, 0.717) is 11.3 Å². The molecule has 0 unspecified atom stereocenters. The first kappa shape index (κ1) is 11.5. The summed E-state index contributed by atoms with van der Waals surface area (Å²) in [5, 5.41) is 9.09. The molecule has 1 heterocycles. The minimum atomic E-state index is -0.384. The van der Waals surface area contributed by atoms with Gasteiger partial charge in [0.25, 0.3) is 0 Å². The highest BCUT2D eigenvalue weighted by molar-refractivity contribution is 5.37. The Morgan fingerprint density at radius 2 is 2.24 bits per heavy atom. The molecule has 0 saturated heterocycles. The highest BCUT2D eigenvalue weighted by atomic mass is 19.1. The molecule has 1 aromatic carbocycles. The van der Waals surface area contributed by atoms with Crippen molar-refractivity contribution in [3.8, 4) is 11.6 Å². The van der Waals surface area contributed by atoms with Gasteiger partial charge < -0.3 is 9.84 Å². The van der Waals surface area contributed by atoms with E-state index in [1.807, 2.05) is 0 Å². The van der Waals surface area contributed by atoms with Gasteiger partial charge in [0.2, 0.25) is 5.88 Å². The van der Waals surface area contributed by atoms with E-state index in [1.165, 1.54) is 24.7 Å². The fraction of sp³-hybridized carbons (Fsp3) is 0.167. The molecule has 0 amide bonds. The summed E-state index contributed by atoms with van der Waals surface area (Å²) in [4.78, 5) is 7.67. The lowest BCUT2D eigenvalue weighted by Crippen LogP contribution is -1.97. The van der Waals surface area contributed by atoms with Crippen molar-refractivity contribution in [3.63, 3.8) is 0 Å². The number of rotatable bonds is 3. The monoisotopic (exact) mass is 234 g/mol. The van der Waals surface area contributed by atoms with Crippen molar-refractivity contribution in [2.45, 2.75) is 13.5 Å². The van der Waals surface area contributed by atoms with Crippen LogP contribution in [0.3, 0.4) is 0 Å². The van der Waals surface area contributed by atoms with E-state index < -0.39 is 0 Å². The molecule has 0 saturated carbocycles. The van der Waals surface area contributed by atoms with Crippen LogP contribution in [-0.4, -0.2) is 15.1 Å². The third kappa shape index (κ3) is 2.57. The Balaban J connectivity index is 2.34. The van der Waals surface area contributed by atoms with Gasteiger partial charge in [0.1, 0.15) is 17.9 Å². The van der Waals surface area contributed by atoms with Crippen LogP contribution < -0.4 is 4.74 Å². The van der Waals surface area contributed by atoms with E-state index in [2.05, 4.69) is 9.97 Å². The van der Waals surface area contributed by atoms with Gasteiger partial charge in [0.15, 0.2) is 0 Å². The van der Waals surface area contributed by atoms with Gasteiger partial charge in [-0.15, -0.1) is 0 Å². The fourth-order valence-corrected chi connectivity index (χ4v) is 1.34. The number of aromatic nitrogens is 2. The Kier molecular flexibility index (Phi) is 3.30. The minimum absolute atomic E-state index is 0.232. The average Bonchev–Trinajstić information content (AvgIpc) is 2.34. The van der Waals surface area contributed by atoms with Crippen molar-refractivity contribution in [3.05, 3.63) is 47.7 Å². The molecule has 0 spiro atoms. The van der Waals surface area contributed by atoms with E-state index in [0.717, 1.165) is 5.56 Å². The van der Waals surface area contributed by atoms with Crippen molar-refractivity contribution in [2.24, 2.45) is 0 Å². The molecule has 5 heteroatoms. The van der Waals surface area contributed by atoms with Gasteiger partial charge in [-0.05, 0) is 18.6 Å². The lowest BCUT2D eigenvalue weighted by molar-refractivity contribution is 0.274. The van der Waals surface area contributed by atoms with E-state index in [9.17, 15) is 4.39 Å². The summed E-state index contributed by atoms with van der Waals surface area (Å²) in [6.07, 6.45) is 2.76. The first-order chi connectivity index (χ1) is 8.20. The van der Waals surface area contributed by atoms with Gasteiger partial charge >= 0.3 is 0 Å². The molecule has 17 heavy (non-hydrogen) atoms. The zero-order valence-corrected chi connectivity index (χ0v) is 9.22. The highest BCUT2D eigenvalue weighted by Gasteiger charge is 2.08. The molecule has 0 fully saturated rings. The topological polar surface area (TPSA) is 55.2 Å². The summed E-state index contributed by atoms with van der Waals surface area (Å²) >= 11 is 0. The smallest absolute Gasteiger partial charge is 0.227 e. The highest BCUT2D eigenvalue weighted by Crippen LogP contribution is 2.26. The van der Waals surface area contributed by atoms with Crippen molar-refractivity contribution in [2.75, 3.05) is 0 Å². The average molecular weight is 234 g/mol. The van der Waals surface area contributed by atoms with Crippen LogP contribution in [0.5, 0.6) is 11.6 Å². The van der Waals surface area contributed by atoms with Crippen LogP contribution in [0.4, 0.5) is 4.39 Å². The standard InChI is InChI=1S/C12H11FN2O2/c1-8-2-3-10(13)4-11(8)17-12-9(6-16)5-14-7-15-12/h2-5,7,16H,6H2,1H3. The number of ether oxygens (including phenoxy) is 1. The Hall–Kier alpha value is -2.01. The van der Waals surface area contributed by atoms with Crippen molar-refractivity contribution in [1.82, 2.24) is 9.97 Å². The lowest BCUT2D eigenvalue weighted by atomic mass is 10.2. The summed E-state index contributed by atoms with van der Waals surface area (Å²) in [6, 6.07) is 4.25. The van der Waals surface area contributed by atoms with E-state index in [4.69, 9.17) is 9.84 Å². The molecule has 88 valence electrons. The Morgan fingerprint density at radius 1 is 1.41 bits per heavy atom. The molecule has 4 nitrogen and oxygen atoms in total. The zero-order chi connectivity index (χ0) is 12.3. The molecule has 1 N–H and O–H groups in total. The van der Waals surface area contributed by atoms with Crippen LogP contribution in [0.1, 0.15) is 11.1 Å². The fourth-order valence-electron chi connectivity index (χ4n) is 1.34. The molecular weight excluding hydrogens is 223 g/mol. The maximum absolute atomic E-state index is 13.1. The number of aliphatic hydroxyl groups is 1. The third-order valence-electron chi connectivity index (χ3n) is 2.27. The van der Waals surface area contributed by atoms with Gasteiger partial charge in [0, 0.05) is 12.3 Å². The molecular formula is C12H11FN2O2. The molecule has 1 aromatic heterocycles. The number of nitrogens with zero attached hydrogens (tertiary/aromatic N) is 2. The van der Waals surface area contributed by atoms with Crippen LogP contribution in [0.25, 0.3) is 0 Å². The molecule has 0 aliphatic rings. The molecule has 2 rings (SSSR count). The molecule has 0 aliphatic carbocycles. The molecule has 0 bridgehead atoms. The van der Waals surface area contributed by atoms with Gasteiger partial charge in [-0.1, -0.05) is 6.07 Å². The van der Waals surface area contributed by atoms with Crippen molar-refractivity contribution < 1.29 is 14.2 Å². The number of hydrogen-bond donors (Lipinski definition) is 1. The SMILES string of the molecule is Cc1ccc(F)cc1Oc1ncncc1CO. The molecule has 0 radical (unpaired) electrons. The zero-order valence-electron chi connectivity index (χ0n) is 9.22. The second-order valence-corrected chi connectivity index (χ2v) is 3.52. The Labute approximate surface area is 97.7 Å². The number of aryl methyl sites for hydroxylation is 1. The first-order valence-corrected chi connectivity index (χ1v) is 5.04. The lowest BCUT2D eigenvalue weighted by Gasteiger charge is -2.09. The normalized spacial score (nSPS) is 10.3. The van der Waals surface area contributed by atoms with E-state index in [-0.39, 0.29) is 18.3 Å². The third-order valence-corrected chi connectivity index (χ3v) is 2.27. The number of halogens is 1. The van der Waals surface area contributed by atoms with Crippen LogP contribution >= 0.6 is 0 Å². The van der Waals surface area contributed by atoms with Gasteiger partial charge in [-0.25, -0.2) is 14.4 Å². The van der Waals surface area contributed by atoms with Gasteiger partial charge in [-0.3, -0.25) is 0 Å². The summed E-state index contributed by atoms with van der Waals surface area (Å²) in [7, 11) is 0. The van der Waals surface area contributed by atoms with Crippen LogP contribution in [0.15, 0.2) is 30.7 Å². The van der Waals surface area contributed by atoms with Crippen molar-refractivity contribution in [1.29, 1.82) is 0 Å². The van der Waals surface area contributed by atoms with Crippen LogP contribution in [0, 0.1) is 12.7 Å². The van der Waals surface area contributed by atoms with Crippen molar-refractivity contribution >= 4 is 0 Å². The van der Waals surface area contributed by atoms with Gasteiger partial charge in [-0.2, -0.15) is 0 Å².